The van der Waals surface area contributed by atoms with Crippen LogP contribution < -0.4 is 0 Å². The fourth-order valence-electron chi connectivity index (χ4n) is 0. The minimum atomic E-state index is 0. The third-order valence-corrected chi connectivity index (χ3v) is 0. The molecule has 0 bridgehead atoms. The van der Waals surface area contributed by atoms with E-state index in [4.69, 9.17) is 3.83 Å². The molecule has 0 rings (SSSR count). The zero-order valence-electron chi connectivity index (χ0n) is 1.67. The summed E-state index contributed by atoms with van der Waals surface area (Å²) < 4.78 is 8.00. The molecule has 0 saturated heterocycles. The van der Waals surface area contributed by atoms with Crippen LogP contribution in [0.2, 0.25) is 0 Å². The fourth-order valence-corrected chi connectivity index (χ4v) is 0. The zero-order valence-corrected chi connectivity index (χ0v) is 5.61. The molecule has 0 aliphatic rings. The average Bonchev–Trinajstić information content (AvgIpc) is 1.00. The topological polar surface area (TPSA) is 17.1 Å². The first-order valence-corrected chi connectivity index (χ1v) is 0.595. The third kappa shape index (κ3) is 9.57. The van der Waals surface area contributed by atoms with E-state index in [2.05, 4.69) is 0 Å². The van der Waals surface area contributed by atoms with Gasteiger partial charge in [-0.1, -0.05) is 0 Å². The molecule has 0 aromatic heterocycles. The van der Waals surface area contributed by atoms with Crippen LogP contribution in [0.25, 0.3) is 0 Å². The van der Waals surface area contributed by atoms with Gasteiger partial charge in [-0.05, 0) is 0 Å². The minimum absolute atomic E-state index is 0. The van der Waals surface area contributed by atoms with Gasteiger partial charge in [0.2, 0.25) is 0 Å². The van der Waals surface area contributed by atoms with E-state index < -0.39 is 0 Å². The van der Waals surface area contributed by atoms with Gasteiger partial charge < -0.3 is 0 Å². The molecule has 4 heavy (non-hydrogen) atoms. The quantitative estimate of drug-likeness (QED) is 0.465. The van der Waals surface area contributed by atoms with Crippen LogP contribution in [0.4, 0.5) is 0 Å². The summed E-state index contributed by atoms with van der Waals surface area (Å²) in [4.78, 5) is 0. The van der Waals surface area contributed by atoms with Gasteiger partial charge in [-0.2, -0.15) is 0 Å². The standard InChI is InChI=1S/Cr.Fe.O.Ti. The van der Waals surface area contributed by atoms with Crippen LogP contribution in [-0.4, -0.2) is 0 Å². The van der Waals surface area contributed by atoms with E-state index in [0.29, 0.717) is 0 Å². The molecule has 0 fully saturated rings. The van der Waals surface area contributed by atoms with E-state index in [-0.39, 0.29) is 39.1 Å². The summed E-state index contributed by atoms with van der Waals surface area (Å²) in [5.74, 6) is 0. The van der Waals surface area contributed by atoms with E-state index in [1.54, 1.807) is 0 Å². The monoisotopic (exact) mass is 172 g/mol. The van der Waals surface area contributed by atoms with Crippen molar-refractivity contribution in [2.75, 3.05) is 0 Å². The molecule has 0 spiro atoms. The Hall–Kier alpha value is 1.57. The van der Waals surface area contributed by atoms with Gasteiger partial charge in [0.1, 0.15) is 0 Å². The Balaban J connectivity index is -0.00000000500. The van der Waals surface area contributed by atoms with E-state index >= 15 is 0 Å². The second-order valence-corrected chi connectivity index (χ2v) is 0. The van der Waals surface area contributed by atoms with Gasteiger partial charge in [-0.15, -0.1) is 0 Å². The molecule has 0 atom stereocenters. The van der Waals surface area contributed by atoms with E-state index in [1.807, 2.05) is 15.9 Å². The first-order chi connectivity index (χ1) is 1.00. The van der Waals surface area contributed by atoms with Gasteiger partial charge in [0, 0.05) is 39.1 Å². The van der Waals surface area contributed by atoms with Crippen molar-refractivity contribution >= 4 is 0 Å². The van der Waals surface area contributed by atoms with E-state index in [9.17, 15) is 0 Å². The maximum atomic E-state index is 8.00. The molecule has 0 radical (unpaired) electrons. The van der Waals surface area contributed by atoms with Gasteiger partial charge >= 0.3 is 19.8 Å². The third-order valence-electron chi connectivity index (χ3n) is 0. The number of rotatable bonds is 0. The molecule has 0 amide bonds. The van der Waals surface area contributed by atoms with Crippen molar-refractivity contribution in [3.05, 3.63) is 0 Å². The predicted molar refractivity (Wildman–Crippen MR) is 0.686 cm³/mol. The van der Waals surface area contributed by atoms with Crippen molar-refractivity contribution in [1.82, 2.24) is 0 Å². The molecule has 0 heterocycles. The zero-order chi connectivity index (χ0) is 2.00. The Kier molecular flexibility index (Phi) is 104. The van der Waals surface area contributed by atoms with Crippen LogP contribution in [0.15, 0.2) is 0 Å². The Morgan fingerprint density at radius 3 is 1.25 bits per heavy atom. The Bertz CT molecular complexity index is 8.00. The van der Waals surface area contributed by atoms with Crippen LogP contribution in [0.5, 0.6) is 0 Å². The number of hydrogen-bond acceptors (Lipinski definition) is 1. The van der Waals surface area contributed by atoms with Crippen LogP contribution in [0.1, 0.15) is 0 Å². The first-order valence-electron chi connectivity index (χ1n) is 0.144. The predicted octanol–water partition coefficient (Wildman–Crippen LogP) is -0.126. The summed E-state index contributed by atoms with van der Waals surface area (Å²) in [5.41, 5.74) is 0. The molecule has 0 unspecified atom stereocenters. The molecule has 0 saturated carbocycles. The molecule has 0 aliphatic carbocycles. The van der Waals surface area contributed by atoms with Crippen molar-refractivity contribution in [1.29, 1.82) is 0 Å². The van der Waals surface area contributed by atoms with E-state index in [0.717, 1.165) is 0 Å². The normalized spacial score (nSPS) is 1.25. The van der Waals surface area contributed by atoms with Gasteiger partial charge in [-0.25, -0.2) is 0 Å². The summed E-state index contributed by atoms with van der Waals surface area (Å²) in [6.07, 6.45) is 0. The molecule has 0 aliphatic heterocycles. The van der Waals surface area contributed by atoms with E-state index in [1.165, 1.54) is 0 Å². The average molecular weight is 172 g/mol. The Morgan fingerprint density at radius 2 is 1.25 bits per heavy atom. The van der Waals surface area contributed by atoms with Crippen molar-refractivity contribution < 1.29 is 58.9 Å². The summed E-state index contributed by atoms with van der Waals surface area (Å²) in [6, 6.07) is 0. The van der Waals surface area contributed by atoms with Gasteiger partial charge in [0.05, 0.1) is 0 Å². The second-order valence-electron chi connectivity index (χ2n) is 0. The SMILES string of the molecule is [Cr].[O]=[Fe].[Ti]. The minimum Gasteiger partial charge on any atom is 0 e. The fraction of sp³-hybridized carbons (Fsp3) is 0. The molecule has 24 valence electrons. The molecule has 0 N–H and O–H groups in total. The Labute approximate surface area is 58.6 Å². The van der Waals surface area contributed by atoms with Gasteiger partial charge in [0.25, 0.3) is 0 Å². The summed E-state index contributed by atoms with van der Waals surface area (Å²) in [6.45, 7) is 0. The van der Waals surface area contributed by atoms with Crippen molar-refractivity contribution in [2.45, 2.75) is 0 Å². The Morgan fingerprint density at radius 1 is 1.25 bits per heavy atom. The molecule has 4 heteroatoms. The van der Waals surface area contributed by atoms with Crippen LogP contribution >= 0.6 is 0 Å². The van der Waals surface area contributed by atoms with Crippen molar-refractivity contribution in [3.8, 4) is 0 Å². The summed E-state index contributed by atoms with van der Waals surface area (Å²) in [5, 5.41) is 0. The summed E-state index contributed by atoms with van der Waals surface area (Å²) >= 11 is 2.00. The van der Waals surface area contributed by atoms with Crippen molar-refractivity contribution in [3.63, 3.8) is 0 Å². The largest absolute Gasteiger partial charge is 0 e. The number of hydrogen-bond donors (Lipinski definition) is 0. The molecule has 0 aromatic rings. The molecule has 0 aromatic carbocycles. The van der Waals surface area contributed by atoms with Crippen LogP contribution in [-0.2, 0) is 58.9 Å². The molecular weight excluding hydrogens is 172 g/mol. The smallest absolute Gasteiger partial charge is 0 e. The molecule has 1 nitrogen and oxygen atoms in total. The van der Waals surface area contributed by atoms with Gasteiger partial charge in [0.15, 0.2) is 0 Å². The van der Waals surface area contributed by atoms with Crippen LogP contribution in [0.3, 0.4) is 0 Å². The van der Waals surface area contributed by atoms with Crippen LogP contribution in [0, 0.1) is 0 Å². The maximum absolute atomic E-state index is 8.00. The molecular formula is CrFeOTi. The van der Waals surface area contributed by atoms with Gasteiger partial charge in [-0.3, -0.25) is 0 Å². The summed E-state index contributed by atoms with van der Waals surface area (Å²) in [7, 11) is 0. The first kappa shape index (κ1) is 17.6. The maximum Gasteiger partial charge on any atom is 0 e. The van der Waals surface area contributed by atoms with Crippen molar-refractivity contribution in [2.24, 2.45) is 0 Å². The second kappa shape index (κ2) is 23.7.